The molecule has 0 saturated carbocycles. The molecule has 0 heterocycles. The van der Waals surface area contributed by atoms with Crippen molar-refractivity contribution in [3.63, 3.8) is 0 Å². The van der Waals surface area contributed by atoms with Crippen LogP contribution in [-0.2, 0) is 19.1 Å². The Morgan fingerprint density at radius 2 is 0.750 bits per heavy atom. The molecule has 0 aliphatic rings. The molecule has 0 N–H and O–H groups in total. The third-order valence-electron chi connectivity index (χ3n) is 4.14. The minimum absolute atomic E-state index is 0.0861. The molecule has 142 valence electrons. The monoisotopic (exact) mass is 342 g/mol. The molecule has 0 amide bonds. The van der Waals surface area contributed by atoms with Crippen molar-refractivity contribution in [2.24, 2.45) is 0 Å². The number of carbonyl (C=O) groups is 2. The first-order valence-corrected chi connectivity index (χ1v) is 10.0. The van der Waals surface area contributed by atoms with Crippen LogP contribution in [0.3, 0.4) is 0 Å². The van der Waals surface area contributed by atoms with Gasteiger partial charge in [0, 0.05) is 12.8 Å². The summed E-state index contributed by atoms with van der Waals surface area (Å²) in [6.45, 7) is 4.83. The molecule has 0 aliphatic heterocycles. The van der Waals surface area contributed by atoms with Crippen LogP contribution >= 0.6 is 0 Å². The van der Waals surface area contributed by atoms with Gasteiger partial charge >= 0.3 is 11.9 Å². The largest absolute Gasteiger partial charge is 0.466 e. The molecule has 0 spiro atoms. The Morgan fingerprint density at radius 3 is 1.00 bits per heavy atom. The lowest BCUT2D eigenvalue weighted by molar-refractivity contribution is -0.144. The second-order valence-corrected chi connectivity index (χ2v) is 6.39. The highest BCUT2D eigenvalue weighted by atomic mass is 16.5. The quantitative estimate of drug-likeness (QED) is 0.256. The van der Waals surface area contributed by atoms with Crippen LogP contribution in [0.1, 0.15) is 104 Å². The van der Waals surface area contributed by atoms with Gasteiger partial charge in [-0.1, -0.05) is 78.1 Å². The van der Waals surface area contributed by atoms with Crippen LogP contribution in [0.5, 0.6) is 0 Å². The molecule has 0 unspecified atom stereocenters. The average molecular weight is 343 g/mol. The maximum atomic E-state index is 10.9. The van der Waals surface area contributed by atoms with E-state index in [0.29, 0.717) is 26.1 Å². The molecule has 0 aromatic rings. The van der Waals surface area contributed by atoms with Crippen molar-refractivity contribution in [2.45, 2.75) is 104 Å². The molecule has 0 atom stereocenters. The summed E-state index contributed by atoms with van der Waals surface area (Å²) in [5.41, 5.74) is 0. The fourth-order valence-electron chi connectivity index (χ4n) is 2.55. The van der Waals surface area contributed by atoms with E-state index in [4.69, 9.17) is 9.47 Å². The molecule has 0 fully saturated rings. The molecule has 24 heavy (non-hydrogen) atoms. The third-order valence-corrected chi connectivity index (χ3v) is 4.14. The summed E-state index contributed by atoms with van der Waals surface area (Å²) in [6, 6.07) is 0. The van der Waals surface area contributed by atoms with Gasteiger partial charge in [-0.25, -0.2) is 0 Å². The lowest BCUT2D eigenvalue weighted by Crippen LogP contribution is -2.03. The maximum Gasteiger partial charge on any atom is 0.305 e. The summed E-state index contributed by atoms with van der Waals surface area (Å²) in [5.74, 6) is -0.172. The first-order valence-electron chi connectivity index (χ1n) is 10.0. The Hall–Kier alpha value is -1.06. The Kier molecular flexibility index (Phi) is 17.5. The van der Waals surface area contributed by atoms with E-state index in [2.05, 4.69) is 0 Å². The second-order valence-electron chi connectivity index (χ2n) is 6.39. The lowest BCUT2D eigenvalue weighted by Gasteiger charge is -2.04. The summed E-state index contributed by atoms with van der Waals surface area (Å²) >= 11 is 0. The Labute approximate surface area is 148 Å². The van der Waals surface area contributed by atoms with Gasteiger partial charge in [-0.05, 0) is 12.8 Å². The van der Waals surface area contributed by atoms with E-state index in [1.165, 1.54) is 64.2 Å². The van der Waals surface area contributed by atoms with Crippen molar-refractivity contribution in [1.29, 1.82) is 0 Å². The highest BCUT2D eigenvalue weighted by Crippen LogP contribution is 2.12. The van der Waals surface area contributed by atoms with Gasteiger partial charge in [0.25, 0.3) is 0 Å². The van der Waals surface area contributed by atoms with Crippen LogP contribution in [0.15, 0.2) is 0 Å². The van der Waals surface area contributed by atoms with Crippen molar-refractivity contribution in [1.82, 2.24) is 0 Å². The predicted molar refractivity (Wildman–Crippen MR) is 97.9 cm³/mol. The van der Waals surface area contributed by atoms with Crippen molar-refractivity contribution >= 4 is 11.9 Å². The molecule has 0 rings (SSSR count). The minimum atomic E-state index is -0.0861. The number of ether oxygens (including phenoxy) is 2. The number of unbranched alkanes of at least 4 members (excludes halogenated alkanes) is 11. The number of hydrogen-bond acceptors (Lipinski definition) is 4. The lowest BCUT2D eigenvalue weighted by atomic mass is 10.1. The summed E-state index contributed by atoms with van der Waals surface area (Å²) in [7, 11) is 0. The highest BCUT2D eigenvalue weighted by molar-refractivity contribution is 5.69. The Balaban J connectivity index is 3.05. The van der Waals surface area contributed by atoms with Crippen LogP contribution in [0.25, 0.3) is 0 Å². The predicted octanol–water partition coefficient (Wildman–Crippen LogP) is 5.57. The van der Waals surface area contributed by atoms with E-state index in [0.717, 1.165) is 12.8 Å². The van der Waals surface area contributed by atoms with Gasteiger partial charge < -0.3 is 9.47 Å². The van der Waals surface area contributed by atoms with Crippen molar-refractivity contribution in [3.8, 4) is 0 Å². The van der Waals surface area contributed by atoms with Crippen LogP contribution in [0.4, 0.5) is 0 Å². The fraction of sp³-hybridized carbons (Fsp3) is 0.900. The van der Waals surface area contributed by atoms with E-state index in [9.17, 15) is 9.59 Å². The van der Waals surface area contributed by atoms with E-state index in [1.54, 1.807) is 0 Å². The van der Waals surface area contributed by atoms with Crippen LogP contribution in [0.2, 0.25) is 0 Å². The van der Waals surface area contributed by atoms with Gasteiger partial charge in [0.05, 0.1) is 13.2 Å². The topological polar surface area (TPSA) is 52.6 Å². The van der Waals surface area contributed by atoms with Crippen LogP contribution in [0, 0.1) is 0 Å². The molecule has 0 radical (unpaired) electrons. The molecule has 0 aromatic carbocycles. The SMILES string of the molecule is CCC(=O)OCCCCCCCCCCCCCCOC(=O)CC. The Morgan fingerprint density at radius 1 is 0.500 bits per heavy atom. The molecule has 4 heteroatoms. The van der Waals surface area contributed by atoms with E-state index >= 15 is 0 Å². The zero-order valence-corrected chi connectivity index (χ0v) is 15.9. The first kappa shape index (κ1) is 22.9. The van der Waals surface area contributed by atoms with Crippen molar-refractivity contribution < 1.29 is 19.1 Å². The molecule has 0 aromatic heterocycles. The van der Waals surface area contributed by atoms with Gasteiger partial charge in [0.1, 0.15) is 0 Å². The fourth-order valence-corrected chi connectivity index (χ4v) is 2.55. The molecule has 0 bridgehead atoms. The minimum Gasteiger partial charge on any atom is -0.466 e. The molecular weight excluding hydrogens is 304 g/mol. The van der Waals surface area contributed by atoms with E-state index in [1.807, 2.05) is 13.8 Å². The number of rotatable bonds is 17. The third kappa shape index (κ3) is 17.3. The number of esters is 2. The van der Waals surface area contributed by atoms with Gasteiger partial charge in [-0.15, -0.1) is 0 Å². The number of carbonyl (C=O) groups excluding carboxylic acids is 2. The highest BCUT2D eigenvalue weighted by Gasteiger charge is 1.99. The van der Waals surface area contributed by atoms with Gasteiger partial charge in [-0.2, -0.15) is 0 Å². The van der Waals surface area contributed by atoms with Gasteiger partial charge in [-0.3, -0.25) is 9.59 Å². The average Bonchev–Trinajstić information content (AvgIpc) is 2.60. The molecule has 4 nitrogen and oxygen atoms in total. The molecule has 0 aliphatic carbocycles. The van der Waals surface area contributed by atoms with E-state index < -0.39 is 0 Å². The summed E-state index contributed by atoms with van der Waals surface area (Å²) in [5, 5.41) is 0. The van der Waals surface area contributed by atoms with E-state index in [-0.39, 0.29) is 11.9 Å². The van der Waals surface area contributed by atoms with Gasteiger partial charge in [0.15, 0.2) is 0 Å². The van der Waals surface area contributed by atoms with Gasteiger partial charge in [0.2, 0.25) is 0 Å². The molecule has 0 saturated heterocycles. The summed E-state index contributed by atoms with van der Waals surface area (Å²) in [6.07, 6.45) is 15.7. The second kappa shape index (κ2) is 18.3. The summed E-state index contributed by atoms with van der Waals surface area (Å²) < 4.78 is 10.1. The zero-order valence-electron chi connectivity index (χ0n) is 15.9. The Bertz CT molecular complexity index is 272. The van der Waals surface area contributed by atoms with Crippen molar-refractivity contribution in [2.75, 3.05) is 13.2 Å². The first-order chi connectivity index (χ1) is 11.7. The molecular formula is C20H38O4. The van der Waals surface area contributed by atoms with Crippen LogP contribution < -0.4 is 0 Å². The maximum absolute atomic E-state index is 10.9. The smallest absolute Gasteiger partial charge is 0.305 e. The number of hydrogen-bond donors (Lipinski definition) is 0. The summed E-state index contributed by atoms with van der Waals surface area (Å²) in [4.78, 5) is 21.9. The normalized spacial score (nSPS) is 10.6. The van der Waals surface area contributed by atoms with Crippen LogP contribution in [-0.4, -0.2) is 25.2 Å². The standard InChI is InChI=1S/C20H38O4/c1-3-19(21)23-17-15-13-11-9-7-5-6-8-10-12-14-16-18-24-20(22)4-2/h3-18H2,1-2H3. The van der Waals surface area contributed by atoms with Crippen molar-refractivity contribution in [3.05, 3.63) is 0 Å². The zero-order chi connectivity index (χ0) is 17.9.